The molecule has 1 atom stereocenters. The Bertz CT molecular complexity index is 1460. The number of nitrogens with zero attached hydrogens (tertiary/aromatic N) is 4. The molecule has 1 unspecified atom stereocenters. The molecule has 1 aliphatic carbocycles. The molecule has 0 aliphatic heterocycles. The summed E-state index contributed by atoms with van der Waals surface area (Å²) in [7, 11) is 0. The highest BCUT2D eigenvalue weighted by molar-refractivity contribution is 5.87. The molecule has 0 amide bonds. The van der Waals surface area contributed by atoms with E-state index in [9.17, 15) is 31.4 Å². The van der Waals surface area contributed by atoms with E-state index in [0.717, 1.165) is 17.7 Å². The van der Waals surface area contributed by atoms with Crippen molar-refractivity contribution in [3.05, 3.63) is 71.0 Å². The maximum absolute atomic E-state index is 13.9. The zero-order valence-electron chi connectivity index (χ0n) is 20.1. The van der Waals surface area contributed by atoms with Gasteiger partial charge in [-0.2, -0.15) is 26.3 Å². The molecule has 2 aromatic heterocycles. The van der Waals surface area contributed by atoms with Crippen molar-refractivity contribution in [2.24, 2.45) is 5.92 Å². The third-order valence-electron chi connectivity index (χ3n) is 6.43. The van der Waals surface area contributed by atoms with Gasteiger partial charge in [0.15, 0.2) is 17.3 Å². The fourth-order valence-corrected chi connectivity index (χ4v) is 4.44. The largest absolute Gasteiger partial charge is 0.416 e. The molecule has 5 rings (SSSR count). The highest BCUT2D eigenvalue weighted by Crippen LogP contribution is 2.42. The molecule has 1 fully saturated rings. The first-order valence-electron chi connectivity index (χ1n) is 11.9. The number of halogens is 6. The number of nitrogens with one attached hydrogen (secondary N) is 1. The highest BCUT2D eigenvalue weighted by atomic mass is 19.4. The highest BCUT2D eigenvalue weighted by Gasteiger charge is 2.49. The molecule has 6 nitrogen and oxygen atoms in total. The summed E-state index contributed by atoms with van der Waals surface area (Å²) in [4.78, 5) is 13.0. The van der Waals surface area contributed by atoms with Crippen LogP contribution in [-0.4, -0.2) is 36.8 Å². The lowest BCUT2D eigenvalue weighted by Gasteiger charge is -2.23. The number of alkyl halides is 6. The van der Waals surface area contributed by atoms with Gasteiger partial charge in [-0.15, -0.1) is 0 Å². The van der Waals surface area contributed by atoms with Crippen LogP contribution in [0.3, 0.4) is 0 Å². The van der Waals surface area contributed by atoms with Gasteiger partial charge >= 0.3 is 12.4 Å². The van der Waals surface area contributed by atoms with Gasteiger partial charge in [-0.25, -0.2) is 15.0 Å². The molecule has 2 N–H and O–H groups in total. The van der Waals surface area contributed by atoms with Crippen molar-refractivity contribution in [3.63, 3.8) is 0 Å². The van der Waals surface area contributed by atoms with E-state index in [-0.39, 0.29) is 29.4 Å². The van der Waals surface area contributed by atoms with Gasteiger partial charge in [0.1, 0.15) is 24.0 Å². The van der Waals surface area contributed by atoms with Crippen LogP contribution in [-0.2, 0) is 19.3 Å². The first kappa shape index (κ1) is 26.0. The minimum absolute atomic E-state index is 0.00542. The molecule has 0 bridgehead atoms. The number of aromatic nitrogens is 4. The third kappa shape index (κ3) is 5.31. The molecule has 1 aliphatic rings. The molecule has 4 aromatic rings. The predicted molar refractivity (Wildman–Crippen MR) is 128 cm³/mol. The number of benzene rings is 2. The number of fused-ring (bicyclic) bond motifs is 1. The lowest BCUT2D eigenvalue weighted by atomic mass is 10.1. The van der Waals surface area contributed by atoms with E-state index in [0.29, 0.717) is 29.8 Å². The van der Waals surface area contributed by atoms with Crippen molar-refractivity contribution < 1.29 is 31.4 Å². The minimum Gasteiger partial charge on any atom is -0.388 e. The van der Waals surface area contributed by atoms with Crippen LogP contribution in [0.2, 0.25) is 0 Å². The average molecular weight is 535 g/mol. The maximum atomic E-state index is 13.9. The quantitative estimate of drug-likeness (QED) is 0.279. The van der Waals surface area contributed by atoms with Gasteiger partial charge in [0, 0.05) is 12.1 Å². The van der Waals surface area contributed by atoms with E-state index in [1.165, 1.54) is 12.1 Å². The fourth-order valence-electron chi connectivity index (χ4n) is 4.44. The zero-order chi connectivity index (χ0) is 27.2. The van der Waals surface area contributed by atoms with Crippen LogP contribution < -0.4 is 5.32 Å². The summed E-state index contributed by atoms with van der Waals surface area (Å²) in [5, 5.41) is 12.2. The summed E-state index contributed by atoms with van der Waals surface area (Å²) in [5.74, 6) is -0.510. The number of aryl methyl sites for hydroxylation is 1. The zero-order valence-corrected chi connectivity index (χ0v) is 20.1. The van der Waals surface area contributed by atoms with E-state index in [1.807, 2.05) is 19.1 Å². The Morgan fingerprint density at radius 2 is 1.71 bits per heavy atom. The second-order valence-corrected chi connectivity index (χ2v) is 9.41. The Kier molecular flexibility index (Phi) is 6.54. The van der Waals surface area contributed by atoms with Gasteiger partial charge in [0.2, 0.25) is 0 Å². The van der Waals surface area contributed by atoms with Crippen molar-refractivity contribution in [2.75, 3.05) is 5.32 Å². The van der Waals surface area contributed by atoms with Crippen LogP contribution >= 0.6 is 0 Å². The lowest BCUT2D eigenvalue weighted by molar-refractivity contribution is -0.146. The molecule has 200 valence electrons. The Labute approximate surface area is 213 Å². The van der Waals surface area contributed by atoms with Crippen LogP contribution in [0.4, 0.5) is 32.2 Å². The standard InChI is InChI=1S/C26H23F6N5O/c1-14-3-2-4-17(11-14)24-36-23-20(37(24)12-15-5-9-18(10-6-15)25(27,28)29)22(33-19(13-38)34-23)35-21(16-7-8-16)26(30,31)32/h2-6,9-11,16,21,38H,7-8,12-13H2,1H3,(H,33,34,35). The topological polar surface area (TPSA) is 75.9 Å². The number of imidazole rings is 1. The van der Waals surface area contributed by atoms with Gasteiger partial charge in [-0.05, 0) is 49.4 Å². The van der Waals surface area contributed by atoms with Crippen LogP contribution in [0.25, 0.3) is 22.6 Å². The first-order valence-corrected chi connectivity index (χ1v) is 11.9. The van der Waals surface area contributed by atoms with Crippen LogP contribution in [0.1, 0.15) is 35.4 Å². The van der Waals surface area contributed by atoms with Gasteiger partial charge in [0.25, 0.3) is 0 Å². The molecule has 1 saturated carbocycles. The van der Waals surface area contributed by atoms with Crippen LogP contribution in [0.5, 0.6) is 0 Å². The Hall–Kier alpha value is -3.67. The predicted octanol–water partition coefficient (Wildman–Crippen LogP) is 6.11. The van der Waals surface area contributed by atoms with Gasteiger partial charge < -0.3 is 15.0 Å². The summed E-state index contributed by atoms with van der Waals surface area (Å²) in [6.45, 7) is 1.25. The van der Waals surface area contributed by atoms with E-state index < -0.39 is 36.5 Å². The molecule has 0 spiro atoms. The summed E-state index contributed by atoms with van der Waals surface area (Å²) in [5.41, 5.74) is 1.42. The van der Waals surface area contributed by atoms with E-state index >= 15 is 0 Å². The number of aliphatic hydroxyl groups excluding tert-OH is 1. The van der Waals surface area contributed by atoms with E-state index in [2.05, 4.69) is 20.3 Å². The number of hydrogen-bond acceptors (Lipinski definition) is 5. The first-order chi connectivity index (χ1) is 17.9. The average Bonchev–Trinajstić information content (AvgIpc) is 3.62. The van der Waals surface area contributed by atoms with Crippen molar-refractivity contribution in [3.8, 4) is 11.4 Å². The molecule has 2 heterocycles. The number of hydrogen-bond donors (Lipinski definition) is 2. The molecule has 12 heteroatoms. The molecule has 0 radical (unpaired) electrons. The maximum Gasteiger partial charge on any atom is 0.416 e. The fraction of sp³-hybridized carbons (Fsp3) is 0.346. The number of rotatable bonds is 7. The Balaban J connectivity index is 1.69. The van der Waals surface area contributed by atoms with E-state index in [4.69, 9.17) is 0 Å². The van der Waals surface area contributed by atoms with Gasteiger partial charge in [-0.3, -0.25) is 0 Å². The van der Waals surface area contributed by atoms with Crippen molar-refractivity contribution >= 4 is 17.0 Å². The normalized spacial score (nSPS) is 15.2. The molecular weight excluding hydrogens is 512 g/mol. The Morgan fingerprint density at radius 3 is 2.29 bits per heavy atom. The smallest absolute Gasteiger partial charge is 0.388 e. The molecule has 0 saturated heterocycles. The monoisotopic (exact) mass is 535 g/mol. The van der Waals surface area contributed by atoms with E-state index in [1.54, 1.807) is 16.7 Å². The molecular formula is C26H23F6N5O. The van der Waals surface area contributed by atoms with Gasteiger partial charge in [0.05, 0.1) is 5.56 Å². The number of anilines is 1. The molecule has 2 aromatic carbocycles. The summed E-state index contributed by atoms with van der Waals surface area (Å²) in [6.07, 6.45) is -8.22. The summed E-state index contributed by atoms with van der Waals surface area (Å²) >= 11 is 0. The van der Waals surface area contributed by atoms with Crippen LogP contribution in [0, 0.1) is 12.8 Å². The van der Waals surface area contributed by atoms with Crippen molar-refractivity contribution in [1.82, 2.24) is 19.5 Å². The third-order valence-corrected chi connectivity index (χ3v) is 6.43. The second kappa shape index (κ2) is 9.57. The van der Waals surface area contributed by atoms with Crippen molar-refractivity contribution in [2.45, 2.75) is 51.3 Å². The minimum atomic E-state index is -4.55. The SMILES string of the molecule is Cc1cccc(-c2nc3nc(CO)nc(NC(C4CC4)C(F)(F)F)c3n2Cc2ccc(C(F)(F)F)cc2)c1. The summed E-state index contributed by atoms with van der Waals surface area (Å²) in [6, 6.07) is 9.94. The lowest BCUT2D eigenvalue weighted by Crippen LogP contribution is -2.38. The Morgan fingerprint density at radius 1 is 1.00 bits per heavy atom. The summed E-state index contributed by atoms with van der Waals surface area (Å²) < 4.78 is 82.6. The van der Waals surface area contributed by atoms with Crippen LogP contribution in [0.15, 0.2) is 48.5 Å². The second-order valence-electron chi connectivity index (χ2n) is 9.41. The van der Waals surface area contributed by atoms with Crippen molar-refractivity contribution in [1.29, 1.82) is 0 Å². The number of aliphatic hydroxyl groups is 1. The van der Waals surface area contributed by atoms with Gasteiger partial charge in [-0.1, -0.05) is 35.9 Å². The molecule has 38 heavy (non-hydrogen) atoms.